The van der Waals surface area contributed by atoms with Crippen LogP contribution in [0.2, 0.25) is 0 Å². The van der Waals surface area contributed by atoms with Gasteiger partial charge in [0.05, 0.1) is 0 Å². The molecule has 112 valence electrons. The van der Waals surface area contributed by atoms with Crippen molar-refractivity contribution >= 4 is 17.6 Å². The summed E-state index contributed by atoms with van der Waals surface area (Å²) in [4.78, 5) is 10.5. The van der Waals surface area contributed by atoms with E-state index in [1.807, 2.05) is 6.07 Å². The third kappa shape index (κ3) is 4.46. The molecule has 0 aliphatic rings. The molecular weight excluding hydrogens is 278 g/mol. The van der Waals surface area contributed by atoms with Gasteiger partial charge in [-0.15, -0.1) is 0 Å². The summed E-state index contributed by atoms with van der Waals surface area (Å²) in [7, 11) is 0. The molecule has 2 rings (SSSR count). The zero-order valence-corrected chi connectivity index (χ0v) is 14.2. The third-order valence-corrected chi connectivity index (χ3v) is 3.85. The van der Waals surface area contributed by atoms with Gasteiger partial charge in [-0.1, -0.05) is 50.2 Å². The normalized spacial score (nSPS) is 11.5. The largest absolute Gasteiger partial charge is 0.370 e. The maximum absolute atomic E-state index is 4.72. The summed E-state index contributed by atoms with van der Waals surface area (Å²) >= 11 is 1.68. The van der Waals surface area contributed by atoms with Crippen LogP contribution in [-0.2, 0) is 5.41 Å². The minimum atomic E-state index is -0.0622. The van der Waals surface area contributed by atoms with Crippen molar-refractivity contribution in [2.24, 2.45) is 0 Å². The van der Waals surface area contributed by atoms with Crippen molar-refractivity contribution in [3.05, 3.63) is 41.7 Å². The van der Waals surface area contributed by atoms with E-state index in [2.05, 4.69) is 69.2 Å². The van der Waals surface area contributed by atoms with Crippen molar-refractivity contribution < 1.29 is 0 Å². The summed E-state index contributed by atoms with van der Waals surface area (Å²) < 4.78 is 0. The number of rotatable bonds is 4. The van der Waals surface area contributed by atoms with Gasteiger partial charge in [0.1, 0.15) is 16.7 Å². The van der Waals surface area contributed by atoms with Crippen LogP contribution in [0.1, 0.15) is 39.1 Å². The van der Waals surface area contributed by atoms with Gasteiger partial charge in [-0.05, 0) is 26.0 Å². The molecule has 0 aliphatic heterocycles. The molecule has 0 spiro atoms. The van der Waals surface area contributed by atoms with Gasteiger partial charge in [-0.25, -0.2) is 9.97 Å². The second kappa shape index (κ2) is 6.48. The maximum atomic E-state index is 4.72. The monoisotopic (exact) mass is 301 g/mol. The standard InChI is InChI=1S/C17H23N3S/c1-6-18-14-11-15(20-16(19-14)17(3,4)5)21-13-9-7-8-12(2)10-13/h7-11H,6H2,1-5H3,(H,18,19,20). The quantitative estimate of drug-likeness (QED) is 0.833. The Morgan fingerprint density at radius 3 is 2.52 bits per heavy atom. The van der Waals surface area contributed by atoms with Crippen LogP contribution in [0.25, 0.3) is 0 Å². The highest BCUT2D eigenvalue weighted by atomic mass is 32.2. The molecule has 0 unspecified atom stereocenters. The van der Waals surface area contributed by atoms with Crippen molar-refractivity contribution in [1.82, 2.24) is 9.97 Å². The fourth-order valence-corrected chi connectivity index (χ4v) is 2.82. The Bertz CT molecular complexity index is 618. The van der Waals surface area contributed by atoms with Crippen LogP contribution in [0.15, 0.2) is 40.3 Å². The Morgan fingerprint density at radius 1 is 1.14 bits per heavy atom. The van der Waals surface area contributed by atoms with E-state index in [4.69, 9.17) is 4.98 Å². The van der Waals surface area contributed by atoms with E-state index in [0.29, 0.717) is 0 Å². The number of anilines is 1. The molecule has 0 bridgehead atoms. The zero-order valence-electron chi connectivity index (χ0n) is 13.4. The van der Waals surface area contributed by atoms with Gasteiger partial charge in [0.2, 0.25) is 0 Å². The second-order valence-corrected chi connectivity index (χ2v) is 7.21. The minimum Gasteiger partial charge on any atom is -0.370 e. The van der Waals surface area contributed by atoms with Crippen molar-refractivity contribution in [2.45, 2.75) is 50.0 Å². The van der Waals surface area contributed by atoms with Gasteiger partial charge >= 0.3 is 0 Å². The average Bonchev–Trinajstić information content (AvgIpc) is 2.37. The fourth-order valence-electron chi connectivity index (χ4n) is 1.88. The molecule has 0 fully saturated rings. The van der Waals surface area contributed by atoms with Crippen LogP contribution < -0.4 is 5.32 Å². The lowest BCUT2D eigenvalue weighted by molar-refractivity contribution is 0.539. The molecule has 0 amide bonds. The number of nitrogens with zero attached hydrogens (tertiary/aromatic N) is 2. The molecule has 0 saturated heterocycles. The molecule has 0 radical (unpaired) electrons. The topological polar surface area (TPSA) is 37.8 Å². The lowest BCUT2D eigenvalue weighted by Crippen LogP contribution is -2.17. The molecule has 1 aromatic heterocycles. The molecule has 1 heterocycles. The summed E-state index contributed by atoms with van der Waals surface area (Å²) in [6.45, 7) is 11.5. The first kappa shape index (κ1) is 15.8. The summed E-state index contributed by atoms with van der Waals surface area (Å²) in [5, 5.41) is 4.28. The van der Waals surface area contributed by atoms with Crippen LogP contribution in [0.5, 0.6) is 0 Å². The van der Waals surface area contributed by atoms with Crippen LogP contribution in [-0.4, -0.2) is 16.5 Å². The Labute approximate surface area is 131 Å². The van der Waals surface area contributed by atoms with Crippen molar-refractivity contribution in [2.75, 3.05) is 11.9 Å². The lowest BCUT2D eigenvalue weighted by atomic mass is 9.96. The Balaban J connectivity index is 2.35. The van der Waals surface area contributed by atoms with E-state index in [9.17, 15) is 0 Å². The molecule has 0 atom stereocenters. The first-order valence-electron chi connectivity index (χ1n) is 7.26. The molecule has 3 nitrogen and oxygen atoms in total. The highest BCUT2D eigenvalue weighted by molar-refractivity contribution is 7.99. The predicted octanol–water partition coefficient (Wildman–Crippen LogP) is 4.67. The first-order valence-corrected chi connectivity index (χ1v) is 8.08. The number of hydrogen-bond acceptors (Lipinski definition) is 4. The lowest BCUT2D eigenvalue weighted by Gasteiger charge is -2.18. The molecule has 4 heteroatoms. The SMILES string of the molecule is CCNc1cc(Sc2cccc(C)c2)nc(C(C)(C)C)n1. The number of benzene rings is 1. The van der Waals surface area contributed by atoms with Crippen LogP contribution in [0.3, 0.4) is 0 Å². The van der Waals surface area contributed by atoms with Crippen molar-refractivity contribution in [3.8, 4) is 0 Å². The highest BCUT2D eigenvalue weighted by Crippen LogP contribution is 2.30. The smallest absolute Gasteiger partial charge is 0.137 e. The van der Waals surface area contributed by atoms with Crippen molar-refractivity contribution in [3.63, 3.8) is 0 Å². The Morgan fingerprint density at radius 2 is 1.90 bits per heavy atom. The Kier molecular flexibility index (Phi) is 4.88. The minimum absolute atomic E-state index is 0.0622. The van der Waals surface area contributed by atoms with E-state index >= 15 is 0 Å². The van der Waals surface area contributed by atoms with Gasteiger partial charge in [-0.3, -0.25) is 0 Å². The highest BCUT2D eigenvalue weighted by Gasteiger charge is 2.19. The van der Waals surface area contributed by atoms with Gasteiger partial charge < -0.3 is 5.32 Å². The summed E-state index contributed by atoms with van der Waals surface area (Å²) in [5.74, 6) is 1.77. The van der Waals surface area contributed by atoms with Crippen LogP contribution in [0, 0.1) is 6.92 Å². The van der Waals surface area contributed by atoms with E-state index in [-0.39, 0.29) is 5.41 Å². The molecule has 2 aromatic rings. The van der Waals surface area contributed by atoms with Gasteiger partial charge in [0, 0.05) is 22.9 Å². The number of hydrogen-bond donors (Lipinski definition) is 1. The van der Waals surface area contributed by atoms with Gasteiger partial charge in [0.15, 0.2) is 0 Å². The number of aromatic nitrogens is 2. The summed E-state index contributed by atoms with van der Waals surface area (Å²) in [5.41, 5.74) is 1.20. The summed E-state index contributed by atoms with van der Waals surface area (Å²) in [6.07, 6.45) is 0. The van der Waals surface area contributed by atoms with E-state index in [1.54, 1.807) is 11.8 Å². The maximum Gasteiger partial charge on any atom is 0.137 e. The van der Waals surface area contributed by atoms with E-state index in [0.717, 1.165) is 23.2 Å². The number of aryl methyl sites for hydroxylation is 1. The van der Waals surface area contributed by atoms with E-state index in [1.165, 1.54) is 10.5 Å². The molecule has 1 aromatic carbocycles. The molecule has 1 N–H and O–H groups in total. The number of nitrogens with one attached hydrogen (secondary N) is 1. The first-order chi connectivity index (χ1) is 9.88. The van der Waals surface area contributed by atoms with Crippen molar-refractivity contribution in [1.29, 1.82) is 0 Å². The molecule has 21 heavy (non-hydrogen) atoms. The van der Waals surface area contributed by atoms with Gasteiger partial charge in [-0.2, -0.15) is 0 Å². The molecule has 0 saturated carbocycles. The van der Waals surface area contributed by atoms with Crippen LogP contribution >= 0.6 is 11.8 Å². The average molecular weight is 301 g/mol. The molecular formula is C17H23N3S. The van der Waals surface area contributed by atoms with Crippen LogP contribution in [0.4, 0.5) is 5.82 Å². The van der Waals surface area contributed by atoms with Gasteiger partial charge in [0.25, 0.3) is 0 Å². The fraction of sp³-hybridized carbons (Fsp3) is 0.412. The Hall–Kier alpha value is -1.55. The zero-order chi connectivity index (χ0) is 15.5. The van der Waals surface area contributed by atoms with E-state index < -0.39 is 0 Å². The third-order valence-electron chi connectivity index (χ3n) is 2.94. The second-order valence-electron chi connectivity index (χ2n) is 6.11. The predicted molar refractivity (Wildman–Crippen MR) is 90.2 cm³/mol. The summed E-state index contributed by atoms with van der Waals surface area (Å²) in [6, 6.07) is 10.5. The molecule has 0 aliphatic carbocycles.